The SMILES string of the molecule is CC1CC(C(=O)O)CCN1C(=O)Nc1cccc(Cl)c1. The average Bonchev–Trinajstić information content (AvgIpc) is 2.38. The number of rotatable bonds is 2. The summed E-state index contributed by atoms with van der Waals surface area (Å²) in [4.78, 5) is 24.8. The van der Waals surface area contributed by atoms with Crippen molar-refractivity contribution in [2.45, 2.75) is 25.8 Å². The van der Waals surface area contributed by atoms with Crippen LogP contribution in [0.2, 0.25) is 5.02 Å². The van der Waals surface area contributed by atoms with E-state index >= 15 is 0 Å². The highest BCUT2D eigenvalue weighted by Gasteiger charge is 2.32. The van der Waals surface area contributed by atoms with E-state index in [2.05, 4.69) is 5.32 Å². The van der Waals surface area contributed by atoms with Crippen molar-refractivity contribution >= 4 is 29.3 Å². The number of urea groups is 1. The predicted molar refractivity (Wildman–Crippen MR) is 77.0 cm³/mol. The predicted octanol–water partition coefficient (Wildman–Crippen LogP) is 3.06. The second kappa shape index (κ2) is 6.13. The van der Waals surface area contributed by atoms with Gasteiger partial charge in [0, 0.05) is 23.3 Å². The number of likely N-dealkylation sites (tertiary alicyclic amines) is 1. The molecule has 2 N–H and O–H groups in total. The van der Waals surface area contributed by atoms with Gasteiger partial charge in [0.05, 0.1) is 5.92 Å². The van der Waals surface area contributed by atoms with Crippen molar-refractivity contribution in [3.05, 3.63) is 29.3 Å². The summed E-state index contributed by atoms with van der Waals surface area (Å²) in [6.07, 6.45) is 0.973. The van der Waals surface area contributed by atoms with Crippen LogP contribution in [0.4, 0.5) is 10.5 Å². The Labute approximate surface area is 122 Å². The summed E-state index contributed by atoms with van der Waals surface area (Å²) in [5.74, 6) is -1.15. The average molecular weight is 297 g/mol. The summed E-state index contributed by atoms with van der Waals surface area (Å²) < 4.78 is 0. The first-order valence-corrected chi connectivity index (χ1v) is 6.91. The van der Waals surface area contributed by atoms with Crippen LogP contribution in [0.25, 0.3) is 0 Å². The van der Waals surface area contributed by atoms with Gasteiger partial charge in [-0.3, -0.25) is 4.79 Å². The monoisotopic (exact) mass is 296 g/mol. The topological polar surface area (TPSA) is 69.6 Å². The summed E-state index contributed by atoms with van der Waals surface area (Å²) in [6.45, 7) is 2.32. The molecule has 1 aliphatic rings. The van der Waals surface area contributed by atoms with Gasteiger partial charge in [0.2, 0.25) is 0 Å². The van der Waals surface area contributed by atoms with Crippen LogP contribution in [0.15, 0.2) is 24.3 Å². The molecule has 5 nitrogen and oxygen atoms in total. The molecule has 0 aliphatic carbocycles. The molecule has 0 radical (unpaired) electrons. The van der Waals surface area contributed by atoms with Crippen molar-refractivity contribution in [3.63, 3.8) is 0 Å². The van der Waals surface area contributed by atoms with Gasteiger partial charge in [-0.1, -0.05) is 17.7 Å². The molecule has 1 aliphatic heterocycles. The fraction of sp³-hybridized carbons (Fsp3) is 0.429. The first-order valence-electron chi connectivity index (χ1n) is 6.53. The number of nitrogens with zero attached hydrogens (tertiary/aromatic N) is 1. The second-order valence-corrected chi connectivity index (χ2v) is 5.48. The maximum Gasteiger partial charge on any atom is 0.322 e. The fourth-order valence-corrected chi connectivity index (χ4v) is 2.65. The van der Waals surface area contributed by atoms with Crippen LogP contribution in [0.5, 0.6) is 0 Å². The molecule has 6 heteroatoms. The molecular weight excluding hydrogens is 280 g/mol. The van der Waals surface area contributed by atoms with E-state index in [0.717, 1.165) is 0 Å². The van der Waals surface area contributed by atoms with Gasteiger partial charge in [0.1, 0.15) is 0 Å². The van der Waals surface area contributed by atoms with Gasteiger partial charge in [0.15, 0.2) is 0 Å². The van der Waals surface area contributed by atoms with E-state index in [1.807, 2.05) is 6.92 Å². The Balaban J connectivity index is 1.98. The number of carboxylic acids is 1. The molecule has 2 amide bonds. The minimum Gasteiger partial charge on any atom is -0.481 e. The summed E-state index contributed by atoms with van der Waals surface area (Å²) in [6, 6.07) is 6.62. The van der Waals surface area contributed by atoms with E-state index in [0.29, 0.717) is 30.1 Å². The molecule has 1 saturated heterocycles. The van der Waals surface area contributed by atoms with Crippen molar-refractivity contribution in [1.29, 1.82) is 0 Å². The number of carboxylic acid groups (broad SMARTS) is 1. The van der Waals surface area contributed by atoms with Gasteiger partial charge in [-0.2, -0.15) is 0 Å². The normalized spacial score (nSPS) is 22.4. The zero-order valence-electron chi connectivity index (χ0n) is 11.2. The number of aliphatic carboxylic acids is 1. The molecule has 0 spiro atoms. The number of hydrogen-bond donors (Lipinski definition) is 2. The van der Waals surface area contributed by atoms with Crippen molar-refractivity contribution < 1.29 is 14.7 Å². The lowest BCUT2D eigenvalue weighted by molar-refractivity contribution is -0.143. The molecule has 2 atom stereocenters. The molecule has 1 heterocycles. The van der Waals surface area contributed by atoms with Crippen molar-refractivity contribution in [2.75, 3.05) is 11.9 Å². The third-order valence-electron chi connectivity index (χ3n) is 3.56. The maximum atomic E-state index is 12.2. The van der Waals surface area contributed by atoms with E-state index in [-0.39, 0.29) is 18.0 Å². The molecule has 0 saturated carbocycles. The Morgan fingerprint density at radius 3 is 2.80 bits per heavy atom. The van der Waals surface area contributed by atoms with Crippen molar-refractivity contribution in [1.82, 2.24) is 4.90 Å². The molecule has 2 rings (SSSR count). The highest BCUT2D eigenvalue weighted by molar-refractivity contribution is 6.30. The Morgan fingerprint density at radius 2 is 2.20 bits per heavy atom. The number of anilines is 1. The van der Waals surface area contributed by atoms with E-state index in [9.17, 15) is 9.59 Å². The largest absolute Gasteiger partial charge is 0.481 e. The maximum absolute atomic E-state index is 12.2. The molecule has 1 aromatic carbocycles. The van der Waals surface area contributed by atoms with Crippen LogP contribution in [-0.2, 0) is 4.79 Å². The van der Waals surface area contributed by atoms with Crippen LogP contribution in [-0.4, -0.2) is 34.6 Å². The number of benzene rings is 1. The number of amides is 2. The van der Waals surface area contributed by atoms with Crippen LogP contribution < -0.4 is 5.32 Å². The quantitative estimate of drug-likeness (QED) is 0.881. The Morgan fingerprint density at radius 1 is 1.45 bits per heavy atom. The number of nitrogens with one attached hydrogen (secondary N) is 1. The van der Waals surface area contributed by atoms with Gasteiger partial charge in [-0.05, 0) is 38.0 Å². The highest BCUT2D eigenvalue weighted by Crippen LogP contribution is 2.24. The van der Waals surface area contributed by atoms with Gasteiger partial charge in [-0.25, -0.2) is 4.79 Å². The minimum atomic E-state index is -0.785. The third kappa shape index (κ3) is 3.42. The summed E-state index contributed by atoms with van der Waals surface area (Å²) in [7, 11) is 0. The van der Waals surface area contributed by atoms with Crippen LogP contribution >= 0.6 is 11.6 Å². The molecule has 108 valence electrons. The molecule has 0 bridgehead atoms. The third-order valence-corrected chi connectivity index (χ3v) is 3.80. The molecule has 1 aromatic rings. The zero-order chi connectivity index (χ0) is 14.7. The Hall–Kier alpha value is -1.75. The number of piperidine rings is 1. The van der Waals surface area contributed by atoms with E-state index in [4.69, 9.17) is 16.7 Å². The van der Waals surface area contributed by atoms with E-state index < -0.39 is 5.97 Å². The summed E-state index contributed by atoms with van der Waals surface area (Å²) >= 11 is 5.87. The van der Waals surface area contributed by atoms with E-state index in [1.54, 1.807) is 29.2 Å². The minimum absolute atomic E-state index is 0.0935. The van der Waals surface area contributed by atoms with Crippen molar-refractivity contribution in [3.8, 4) is 0 Å². The van der Waals surface area contributed by atoms with Crippen molar-refractivity contribution in [2.24, 2.45) is 5.92 Å². The van der Waals surface area contributed by atoms with Gasteiger partial charge in [0.25, 0.3) is 0 Å². The lowest BCUT2D eigenvalue weighted by Gasteiger charge is -2.36. The lowest BCUT2D eigenvalue weighted by atomic mass is 9.92. The number of hydrogen-bond acceptors (Lipinski definition) is 2. The van der Waals surface area contributed by atoms with Gasteiger partial charge in [-0.15, -0.1) is 0 Å². The molecule has 2 unspecified atom stereocenters. The van der Waals surface area contributed by atoms with E-state index in [1.165, 1.54) is 0 Å². The summed E-state index contributed by atoms with van der Waals surface area (Å²) in [5.41, 5.74) is 0.634. The Bertz CT molecular complexity index is 521. The second-order valence-electron chi connectivity index (χ2n) is 5.04. The highest BCUT2D eigenvalue weighted by atomic mass is 35.5. The Kier molecular flexibility index (Phi) is 4.49. The molecule has 0 aromatic heterocycles. The van der Waals surface area contributed by atoms with Crippen LogP contribution in [0.1, 0.15) is 19.8 Å². The first-order chi connectivity index (χ1) is 9.47. The molecule has 20 heavy (non-hydrogen) atoms. The smallest absolute Gasteiger partial charge is 0.322 e. The standard InChI is InChI=1S/C14H17ClN2O3/c1-9-7-10(13(18)19)5-6-17(9)14(20)16-12-4-2-3-11(15)8-12/h2-4,8-10H,5-7H2,1H3,(H,16,20)(H,18,19). The fourth-order valence-electron chi connectivity index (χ4n) is 2.46. The molecule has 1 fully saturated rings. The zero-order valence-corrected chi connectivity index (χ0v) is 11.9. The first kappa shape index (κ1) is 14.7. The lowest BCUT2D eigenvalue weighted by Crippen LogP contribution is -2.47. The number of halogens is 1. The van der Waals surface area contributed by atoms with Gasteiger partial charge < -0.3 is 15.3 Å². The number of carbonyl (C=O) groups is 2. The summed E-state index contributed by atoms with van der Waals surface area (Å²) in [5, 5.41) is 12.4. The van der Waals surface area contributed by atoms with Crippen LogP contribution in [0.3, 0.4) is 0 Å². The molecular formula is C14H17ClN2O3. The van der Waals surface area contributed by atoms with Gasteiger partial charge >= 0.3 is 12.0 Å². The van der Waals surface area contributed by atoms with Crippen LogP contribution in [0, 0.1) is 5.92 Å². The number of carbonyl (C=O) groups excluding carboxylic acids is 1.